The van der Waals surface area contributed by atoms with Crippen LogP contribution in [0, 0.1) is 6.92 Å². The SMILES string of the molecule is CCn1c(SCC(=O)N=c2sccn2C)nnc1-c1ccccc1C. The third kappa shape index (κ3) is 3.91. The van der Waals surface area contributed by atoms with Crippen LogP contribution < -0.4 is 4.80 Å². The molecule has 8 heteroatoms. The van der Waals surface area contributed by atoms with Gasteiger partial charge in [0.25, 0.3) is 5.91 Å². The average molecular weight is 374 g/mol. The van der Waals surface area contributed by atoms with Crippen molar-refractivity contribution in [3.8, 4) is 11.4 Å². The van der Waals surface area contributed by atoms with Crippen molar-refractivity contribution in [1.29, 1.82) is 0 Å². The van der Waals surface area contributed by atoms with Gasteiger partial charge in [-0.2, -0.15) is 4.99 Å². The lowest BCUT2D eigenvalue weighted by Crippen LogP contribution is -2.13. The van der Waals surface area contributed by atoms with Crippen LogP contribution in [0.5, 0.6) is 0 Å². The fourth-order valence-corrected chi connectivity index (χ4v) is 3.94. The highest BCUT2D eigenvalue weighted by molar-refractivity contribution is 7.99. The number of hydrogen-bond acceptors (Lipinski definition) is 5. The van der Waals surface area contributed by atoms with Gasteiger partial charge in [-0.05, 0) is 19.4 Å². The zero-order valence-corrected chi connectivity index (χ0v) is 16.0. The predicted molar refractivity (Wildman–Crippen MR) is 100 cm³/mol. The van der Waals surface area contributed by atoms with E-state index in [2.05, 4.69) is 28.2 Å². The van der Waals surface area contributed by atoms with Crippen LogP contribution in [-0.4, -0.2) is 31.0 Å². The number of hydrogen-bond donors (Lipinski definition) is 0. The van der Waals surface area contributed by atoms with Crippen LogP contribution >= 0.6 is 23.1 Å². The number of carbonyl (C=O) groups excluding carboxylic acids is 1. The molecule has 130 valence electrons. The molecule has 0 aliphatic heterocycles. The van der Waals surface area contributed by atoms with Gasteiger partial charge in [0.05, 0.1) is 5.75 Å². The maximum Gasteiger partial charge on any atom is 0.258 e. The standard InChI is InChI=1S/C17H19N5OS2/c1-4-22-15(13-8-6-5-7-12(13)2)19-20-17(22)25-11-14(23)18-16-21(3)9-10-24-16/h5-10H,4,11H2,1-3H3. The minimum atomic E-state index is -0.175. The fraction of sp³-hybridized carbons (Fsp3) is 0.294. The maximum absolute atomic E-state index is 12.1. The van der Waals surface area contributed by atoms with E-state index < -0.39 is 0 Å². The van der Waals surface area contributed by atoms with Gasteiger partial charge in [0.1, 0.15) is 0 Å². The highest BCUT2D eigenvalue weighted by Crippen LogP contribution is 2.26. The summed E-state index contributed by atoms with van der Waals surface area (Å²) in [5.41, 5.74) is 2.21. The number of aryl methyl sites for hydroxylation is 2. The topological polar surface area (TPSA) is 65.1 Å². The molecule has 0 fully saturated rings. The summed E-state index contributed by atoms with van der Waals surface area (Å²) in [6.45, 7) is 4.84. The first-order chi connectivity index (χ1) is 12.1. The van der Waals surface area contributed by atoms with E-state index in [4.69, 9.17) is 0 Å². The second kappa shape index (κ2) is 7.79. The molecule has 0 bridgehead atoms. The van der Waals surface area contributed by atoms with Crippen molar-refractivity contribution >= 4 is 29.0 Å². The van der Waals surface area contributed by atoms with E-state index in [1.54, 1.807) is 0 Å². The summed E-state index contributed by atoms with van der Waals surface area (Å²) < 4.78 is 3.86. The van der Waals surface area contributed by atoms with E-state index in [9.17, 15) is 4.79 Å². The van der Waals surface area contributed by atoms with E-state index >= 15 is 0 Å². The molecule has 0 spiro atoms. The Morgan fingerprint density at radius 2 is 2.12 bits per heavy atom. The first kappa shape index (κ1) is 17.6. The Balaban J connectivity index is 1.79. The second-order valence-corrected chi connectivity index (χ2v) is 7.27. The molecule has 6 nitrogen and oxygen atoms in total. The lowest BCUT2D eigenvalue weighted by molar-refractivity contribution is -0.115. The Labute approximate surface area is 154 Å². The first-order valence-corrected chi connectivity index (χ1v) is 9.76. The van der Waals surface area contributed by atoms with Crippen molar-refractivity contribution in [3.05, 3.63) is 46.2 Å². The van der Waals surface area contributed by atoms with E-state index in [-0.39, 0.29) is 11.7 Å². The van der Waals surface area contributed by atoms with E-state index in [0.717, 1.165) is 28.7 Å². The largest absolute Gasteiger partial charge is 0.327 e. The quantitative estimate of drug-likeness (QED) is 0.645. The Bertz CT molecular complexity index is 954. The number of aromatic nitrogens is 4. The van der Waals surface area contributed by atoms with Crippen LogP contribution in [0.15, 0.2) is 46.0 Å². The van der Waals surface area contributed by atoms with Crippen LogP contribution in [0.2, 0.25) is 0 Å². The van der Waals surface area contributed by atoms with Gasteiger partial charge >= 0.3 is 0 Å². The van der Waals surface area contributed by atoms with E-state index in [1.165, 1.54) is 23.1 Å². The number of nitrogens with zero attached hydrogens (tertiary/aromatic N) is 5. The third-order valence-corrected chi connectivity index (χ3v) is 5.52. The minimum Gasteiger partial charge on any atom is -0.327 e. The van der Waals surface area contributed by atoms with Crippen LogP contribution in [0.3, 0.4) is 0 Å². The zero-order valence-electron chi connectivity index (χ0n) is 14.3. The Hall–Kier alpha value is -2.19. The van der Waals surface area contributed by atoms with E-state index in [1.807, 2.05) is 52.9 Å². The van der Waals surface area contributed by atoms with E-state index in [0.29, 0.717) is 4.80 Å². The number of thiazole rings is 1. The molecule has 0 unspecified atom stereocenters. The Morgan fingerprint density at radius 3 is 2.80 bits per heavy atom. The second-order valence-electron chi connectivity index (χ2n) is 5.46. The molecule has 0 aliphatic carbocycles. The molecule has 3 aromatic rings. The van der Waals surface area contributed by atoms with Crippen molar-refractivity contribution in [3.63, 3.8) is 0 Å². The Morgan fingerprint density at radius 1 is 1.32 bits per heavy atom. The van der Waals surface area contributed by atoms with Crippen molar-refractivity contribution in [2.24, 2.45) is 12.0 Å². The molecule has 3 rings (SSSR count). The average Bonchev–Trinajstić information content (AvgIpc) is 3.19. The first-order valence-electron chi connectivity index (χ1n) is 7.89. The molecule has 2 heterocycles. The van der Waals surface area contributed by atoms with Crippen LogP contribution in [-0.2, 0) is 18.4 Å². The lowest BCUT2D eigenvalue weighted by Gasteiger charge is -2.08. The van der Waals surface area contributed by atoms with Crippen molar-refractivity contribution < 1.29 is 4.79 Å². The smallest absolute Gasteiger partial charge is 0.258 e. The van der Waals surface area contributed by atoms with Gasteiger partial charge in [0.15, 0.2) is 15.8 Å². The Kier molecular flexibility index (Phi) is 5.50. The summed E-state index contributed by atoms with van der Waals surface area (Å²) >= 11 is 2.81. The molecule has 1 aromatic carbocycles. The monoisotopic (exact) mass is 373 g/mol. The number of amides is 1. The van der Waals surface area contributed by atoms with Gasteiger partial charge < -0.3 is 9.13 Å². The molecule has 0 saturated carbocycles. The normalized spacial score (nSPS) is 11.9. The third-order valence-electron chi connectivity index (χ3n) is 3.72. The molecule has 0 N–H and O–H groups in total. The number of thioether (sulfide) groups is 1. The summed E-state index contributed by atoms with van der Waals surface area (Å²) in [5, 5.41) is 11.2. The van der Waals surface area contributed by atoms with Crippen LogP contribution in [0.25, 0.3) is 11.4 Å². The van der Waals surface area contributed by atoms with Crippen LogP contribution in [0.4, 0.5) is 0 Å². The maximum atomic E-state index is 12.1. The van der Waals surface area contributed by atoms with Gasteiger partial charge in [0.2, 0.25) is 0 Å². The fourth-order valence-electron chi connectivity index (χ4n) is 2.40. The summed E-state index contributed by atoms with van der Waals surface area (Å²) in [7, 11) is 1.87. The molecule has 0 saturated heterocycles. The summed E-state index contributed by atoms with van der Waals surface area (Å²) in [4.78, 5) is 16.9. The summed E-state index contributed by atoms with van der Waals surface area (Å²) in [5.74, 6) is 0.896. The van der Waals surface area contributed by atoms with Gasteiger partial charge in [-0.3, -0.25) is 4.79 Å². The van der Waals surface area contributed by atoms with Gasteiger partial charge in [0, 0.05) is 30.7 Å². The van der Waals surface area contributed by atoms with Gasteiger partial charge in [-0.15, -0.1) is 21.5 Å². The molecule has 2 aromatic heterocycles. The van der Waals surface area contributed by atoms with Crippen molar-refractivity contribution in [1.82, 2.24) is 19.3 Å². The molecule has 1 amide bonds. The zero-order chi connectivity index (χ0) is 17.8. The molecule has 25 heavy (non-hydrogen) atoms. The lowest BCUT2D eigenvalue weighted by atomic mass is 10.1. The van der Waals surface area contributed by atoms with Gasteiger partial charge in [-0.25, -0.2) is 0 Å². The molecule has 0 atom stereocenters. The molecule has 0 aliphatic rings. The molecule has 0 radical (unpaired) electrons. The highest BCUT2D eigenvalue weighted by atomic mass is 32.2. The minimum absolute atomic E-state index is 0.175. The molecular weight excluding hydrogens is 354 g/mol. The van der Waals surface area contributed by atoms with Crippen LogP contribution in [0.1, 0.15) is 12.5 Å². The summed E-state index contributed by atoms with van der Waals surface area (Å²) in [6.07, 6.45) is 1.88. The number of carbonyl (C=O) groups is 1. The number of rotatable bonds is 5. The highest BCUT2D eigenvalue weighted by Gasteiger charge is 2.15. The molecular formula is C17H19N5OS2. The summed E-state index contributed by atoms with van der Waals surface area (Å²) in [6, 6.07) is 8.09. The van der Waals surface area contributed by atoms with Crippen molar-refractivity contribution in [2.45, 2.75) is 25.5 Å². The number of benzene rings is 1. The predicted octanol–water partition coefficient (Wildman–Crippen LogP) is 2.89. The van der Waals surface area contributed by atoms with Gasteiger partial charge in [-0.1, -0.05) is 36.0 Å². The van der Waals surface area contributed by atoms with Crippen molar-refractivity contribution in [2.75, 3.05) is 5.75 Å².